The molecule has 2 saturated carbocycles. The Balaban J connectivity index is 1.37. The maximum absolute atomic E-state index is 12.6. The Morgan fingerprint density at radius 2 is 1.69 bits per heavy atom. The van der Waals surface area contributed by atoms with Gasteiger partial charge in [0.25, 0.3) is 5.91 Å². The molecule has 3 N–H and O–H groups in total. The van der Waals surface area contributed by atoms with Crippen molar-refractivity contribution < 1.29 is 9.59 Å². The Morgan fingerprint density at radius 3 is 2.31 bits per heavy atom. The molecule has 0 radical (unpaired) electrons. The highest BCUT2D eigenvalue weighted by molar-refractivity contribution is 5.96. The van der Waals surface area contributed by atoms with E-state index in [9.17, 15) is 9.59 Å². The number of amides is 2. The van der Waals surface area contributed by atoms with Gasteiger partial charge in [0.05, 0.1) is 5.92 Å². The molecule has 1 aliphatic heterocycles. The summed E-state index contributed by atoms with van der Waals surface area (Å²) in [6.07, 6.45) is 5.54. The lowest BCUT2D eigenvalue weighted by Crippen LogP contribution is -2.42. The largest absolute Gasteiger partial charge is 0.339 e. The molecule has 1 aromatic rings. The van der Waals surface area contributed by atoms with Crippen molar-refractivity contribution in [3.05, 3.63) is 29.8 Å². The second-order valence-electron chi connectivity index (χ2n) is 8.48. The Labute approximate surface area is 155 Å². The zero-order valence-electron chi connectivity index (χ0n) is 15.5. The number of benzene rings is 1. The van der Waals surface area contributed by atoms with Gasteiger partial charge in [-0.1, -0.05) is 6.92 Å². The monoisotopic (exact) mass is 355 g/mol. The summed E-state index contributed by atoms with van der Waals surface area (Å²) in [4.78, 5) is 27.2. The molecular weight excluding hydrogens is 326 g/mol. The van der Waals surface area contributed by atoms with Crippen molar-refractivity contribution in [3.63, 3.8) is 0 Å². The highest BCUT2D eigenvalue weighted by atomic mass is 16.2. The summed E-state index contributed by atoms with van der Waals surface area (Å²) in [5.41, 5.74) is 7.70. The zero-order chi connectivity index (χ0) is 18.3. The van der Waals surface area contributed by atoms with Crippen LogP contribution in [-0.2, 0) is 4.79 Å². The summed E-state index contributed by atoms with van der Waals surface area (Å²) < 4.78 is 0. The van der Waals surface area contributed by atoms with E-state index in [-0.39, 0.29) is 23.8 Å². The molecule has 1 aromatic carbocycles. The van der Waals surface area contributed by atoms with Crippen molar-refractivity contribution in [2.75, 3.05) is 18.4 Å². The Hall–Kier alpha value is -1.88. The van der Waals surface area contributed by atoms with E-state index in [0.717, 1.165) is 44.5 Å². The number of likely N-dealkylation sites (tertiary alicyclic amines) is 1. The number of fused-ring (bicyclic) bond motifs is 2. The number of anilines is 1. The summed E-state index contributed by atoms with van der Waals surface area (Å²) in [6, 6.07) is 7.29. The molecule has 3 fully saturated rings. The van der Waals surface area contributed by atoms with E-state index in [4.69, 9.17) is 5.73 Å². The Kier molecular flexibility index (Phi) is 4.74. The van der Waals surface area contributed by atoms with E-state index < -0.39 is 0 Å². The second-order valence-corrected chi connectivity index (χ2v) is 8.48. The topological polar surface area (TPSA) is 75.4 Å². The van der Waals surface area contributed by atoms with Gasteiger partial charge in [-0.3, -0.25) is 9.59 Å². The Bertz CT molecular complexity index is 677. The van der Waals surface area contributed by atoms with Crippen LogP contribution in [0.1, 0.15) is 49.4 Å². The van der Waals surface area contributed by atoms with Crippen LogP contribution in [0.15, 0.2) is 24.3 Å². The number of nitrogens with two attached hydrogens (primary N) is 1. The molecule has 1 heterocycles. The molecule has 140 valence electrons. The molecule has 1 saturated heterocycles. The molecule has 3 aliphatic rings. The van der Waals surface area contributed by atoms with E-state index in [1.165, 1.54) is 6.42 Å². The van der Waals surface area contributed by atoms with Gasteiger partial charge in [0.1, 0.15) is 0 Å². The Morgan fingerprint density at radius 1 is 1.04 bits per heavy atom. The van der Waals surface area contributed by atoms with E-state index in [0.29, 0.717) is 23.3 Å². The molecule has 4 atom stereocenters. The summed E-state index contributed by atoms with van der Waals surface area (Å²) >= 11 is 0. The van der Waals surface area contributed by atoms with Crippen LogP contribution >= 0.6 is 0 Å². The number of nitrogens with zero attached hydrogens (tertiary/aromatic N) is 1. The maximum Gasteiger partial charge on any atom is 0.253 e. The highest BCUT2D eigenvalue weighted by Crippen LogP contribution is 2.47. The standard InChI is InChI=1S/C21H29N3O2/c1-13-8-10-24(11-9-13)21(26)14-4-6-17(7-5-14)23-20(25)18-15-2-3-16(12-15)19(18)22/h4-7,13,15-16,18-19H,2-3,8-12,22H2,1H3,(H,23,25). The van der Waals surface area contributed by atoms with Crippen LogP contribution in [0.5, 0.6) is 0 Å². The quantitative estimate of drug-likeness (QED) is 0.875. The van der Waals surface area contributed by atoms with Crippen LogP contribution in [0.3, 0.4) is 0 Å². The molecule has 5 heteroatoms. The van der Waals surface area contributed by atoms with Gasteiger partial charge in [-0.2, -0.15) is 0 Å². The van der Waals surface area contributed by atoms with Gasteiger partial charge in [0.2, 0.25) is 5.91 Å². The predicted octanol–water partition coefficient (Wildman–Crippen LogP) is 2.87. The minimum atomic E-state index is -0.0644. The number of hydrogen-bond acceptors (Lipinski definition) is 3. The summed E-state index contributed by atoms with van der Waals surface area (Å²) in [5.74, 6) is 1.72. The SMILES string of the molecule is CC1CCN(C(=O)c2ccc(NC(=O)C3C4CCC(C4)C3N)cc2)CC1. The molecule has 5 nitrogen and oxygen atoms in total. The van der Waals surface area contributed by atoms with E-state index in [2.05, 4.69) is 12.2 Å². The summed E-state index contributed by atoms with van der Waals surface area (Å²) in [7, 11) is 0. The van der Waals surface area contributed by atoms with Crippen LogP contribution < -0.4 is 11.1 Å². The molecule has 2 bridgehead atoms. The third-order valence-corrected chi connectivity index (χ3v) is 6.75. The van der Waals surface area contributed by atoms with Crippen molar-refractivity contribution in [1.82, 2.24) is 4.90 Å². The fraction of sp³-hybridized carbons (Fsp3) is 0.619. The highest BCUT2D eigenvalue weighted by Gasteiger charge is 2.49. The summed E-state index contributed by atoms with van der Waals surface area (Å²) in [5, 5.41) is 3.01. The lowest BCUT2D eigenvalue weighted by Gasteiger charge is -2.30. The van der Waals surface area contributed by atoms with Crippen LogP contribution in [0.4, 0.5) is 5.69 Å². The fourth-order valence-electron chi connectivity index (χ4n) is 5.04. The third kappa shape index (κ3) is 3.25. The number of piperidine rings is 1. The van der Waals surface area contributed by atoms with Crippen molar-refractivity contribution in [2.24, 2.45) is 29.4 Å². The lowest BCUT2D eigenvalue weighted by atomic mass is 9.84. The van der Waals surface area contributed by atoms with E-state index >= 15 is 0 Å². The molecule has 4 rings (SSSR count). The molecule has 4 unspecified atom stereocenters. The molecule has 26 heavy (non-hydrogen) atoms. The van der Waals surface area contributed by atoms with E-state index in [1.807, 2.05) is 29.2 Å². The van der Waals surface area contributed by atoms with Gasteiger partial charge in [-0.15, -0.1) is 0 Å². The van der Waals surface area contributed by atoms with Gasteiger partial charge < -0.3 is 16.0 Å². The fourth-order valence-corrected chi connectivity index (χ4v) is 5.04. The van der Waals surface area contributed by atoms with Crippen LogP contribution in [0, 0.1) is 23.7 Å². The maximum atomic E-state index is 12.6. The molecule has 0 aromatic heterocycles. The van der Waals surface area contributed by atoms with Gasteiger partial charge in [-0.05, 0) is 74.1 Å². The average Bonchev–Trinajstić information content (AvgIpc) is 3.23. The van der Waals surface area contributed by atoms with Crippen molar-refractivity contribution in [2.45, 2.75) is 45.1 Å². The van der Waals surface area contributed by atoms with Crippen LogP contribution in [-0.4, -0.2) is 35.8 Å². The van der Waals surface area contributed by atoms with Crippen LogP contribution in [0.25, 0.3) is 0 Å². The third-order valence-electron chi connectivity index (χ3n) is 6.75. The second kappa shape index (κ2) is 7.03. The first kappa shape index (κ1) is 17.5. The van der Waals surface area contributed by atoms with Gasteiger partial charge in [-0.25, -0.2) is 0 Å². The minimum Gasteiger partial charge on any atom is -0.339 e. The molecular formula is C21H29N3O2. The van der Waals surface area contributed by atoms with Crippen LogP contribution in [0.2, 0.25) is 0 Å². The first-order valence-corrected chi connectivity index (χ1v) is 9.98. The average molecular weight is 355 g/mol. The number of hydrogen-bond donors (Lipinski definition) is 2. The lowest BCUT2D eigenvalue weighted by molar-refractivity contribution is -0.121. The number of rotatable bonds is 3. The molecule has 2 aliphatic carbocycles. The van der Waals surface area contributed by atoms with Gasteiger partial charge in [0.15, 0.2) is 0 Å². The first-order valence-electron chi connectivity index (χ1n) is 9.98. The van der Waals surface area contributed by atoms with Crippen molar-refractivity contribution in [1.29, 1.82) is 0 Å². The smallest absolute Gasteiger partial charge is 0.253 e. The number of carbonyl (C=O) groups excluding carboxylic acids is 2. The zero-order valence-corrected chi connectivity index (χ0v) is 15.5. The normalized spacial score (nSPS) is 31.2. The summed E-state index contributed by atoms with van der Waals surface area (Å²) in [6.45, 7) is 3.91. The van der Waals surface area contributed by atoms with Gasteiger partial charge in [0, 0.05) is 30.4 Å². The molecule has 0 spiro atoms. The van der Waals surface area contributed by atoms with Crippen molar-refractivity contribution >= 4 is 17.5 Å². The van der Waals surface area contributed by atoms with E-state index in [1.54, 1.807) is 0 Å². The minimum absolute atomic E-state index is 0.00362. The van der Waals surface area contributed by atoms with Crippen molar-refractivity contribution in [3.8, 4) is 0 Å². The van der Waals surface area contributed by atoms with Gasteiger partial charge >= 0.3 is 0 Å². The predicted molar refractivity (Wildman–Crippen MR) is 102 cm³/mol. The number of nitrogens with one attached hydrogen (secondary N) is 1. The number of carbonyl (C=O) groups is 2. The first-order chi connectivity index (χ1) is 12.5. The molecule has 2 amide bonds.